The summed E-state index contributed by atoms with van der Waals surface area (Å²) in [6.45, 7) is 1.88. The van der Waals surface area contributed by atoms with Crippen LogP contribution in [-0.2, 0) is 16.6 Å². The first-order valence-electron chi connectivity index (χ1n) is 8.80. The molecule has 0 radical (unpaired) electrons. The van der Waals surface area contributed by atoms with Crippen LogP contribution in [0.5, 0.6) is 0 Å². The Balaban J connectivity index is 1.56. The number of hydrogen-bond donors (Lipinski definition) is 2. The van der Waals surface area contributed by atoms with E-state index in [2.05, 4.69) is 10.4 Å². The van der Waals surface area contributed by atoms with E-state index in [1.54, 1.807) is 49.5 Å². The van der Waals surface area contributed by atoms with E-state index in [1.807, 2.05) is 6.07 Å². The minimum atomic E-state index is -3.87. The molecule has 0 saturated carbocycles. The van der Waals surface area contributed by atoms with Gasteiger partial charge in [-0.15, -0.1) is 16.4 Å². The maximum atomic E-state index is 12.6. The van der Waals surface area contributed by atoms with Crippen LogP contribution in [0.25, 0.3) is 5.65 Å². The molecule has 4 rings (SSSR count). The number of rotatable bonds is 5. The van der Waals surface area contributed by atoms with Crippen molar-refractivity contribution in [2.75, 3.05) is 5.32 Å². The standard InChI is InChI=1S/C19H17N5O4S2/c1-12-9-16(30(20,27)28)29-17(12)18(25)21-14-6-4-5-13(10-14)11-24-19(26)23-8-3-2-7-15(23)22-24/h2-10H,11H2,1H3,(H,21,25)(H2,20,27,28). The first-order valence-corrected chi connectivity index (χ1v) is 11.2. The molecule has 0 unspecified atom stereocenters. The Morgan fingerprint density at radius 1 is 1.20 bits per heavy atom. The highest BCUT2D eigenvalue weighted by Gasteiger charge is 2.19. The number of fused-ring (bicyclic) bond motifs is 1. The predicted octanol–water partition coefficient (Wildman–Crippen LogP) is 1.81. The van der Waals surface area contributed by atoms with Gasteiger partial charge in [-0.25, -0.2) is 23.0 Å². The molecule has 0 saturated heterocycles. The van der Waals surface area contributed by atoms with E-state index in [0.29, 0.717) is 16.9 Å². The molecule has 0 spiro atoms. The lowest BCUT2D eigenvalue weighted by Gasteiger charge is -2.07. The molecular weight excluding hydrogens is 426 g/mol. The average Bonchev–Trinajstić information content (AvgIpc) is 3.23. The van der Waals surface area contributed by atoms with Crippen molar-refractivity contribution in [1.29, 1.82) is 0 Å². The number of benzene rings is 1. The molecule has 1 amide bonds. The monoisotopic (exact) mass is 443 g/mol. The minimum Gasteiger partial charge on any atom is -0.321 e. The highest BCUT2D eigenvalue weighted by atomic mass is 32.2. The van der Waals surface area contributed by atoms with Gasteiger partial charge in [0.2, 0.25) is 10.0 Å². The molecule has 0 aliphatic heterocycles. The number of pyridine rings is 1. The summed E-state index contributed by atoms with van der Waals surface area (Å²) in [5.74, 6) is -0.436. The lowest BCUT2D eigenvalue weighted by Crippen LogP contribution is -2.21. The predicted molar refractivity (Wildman–Crippen MR) is 113 cm³/mol. The van der Waals surface area contributed by atoms with Gasteiger partial charge in [0.25, 0.3) is 5.91 Å². The molecule has 3 aromatic heterocycles. The lowest BCUT2D eigenvalue weighted by molar-refractivity contribution is 0.103. The van der Waals surface area contributed by atoms with Crippen molar-refractivity contribution in [3.63, 3.8) is 0 Å². The number of anilines is 1. The lowest BCUT2D eigenvalue weighted by atomic mass is 10.2. The second-order valence-electron chi connectivity index (χ2n) is 6.65. The molecule has 0 aliphatic carbocycles. The number of aromatic nitrogens is 3. The van der Waals surface area contributed by atoms with Gasteiger partial charge in [-0.1, -0.05) is 18.2 Å². The maximum Gasteiger partial charge on any atom is 0.350 e. The number of sulfonamides is 1. The van der Waals surface area contributed by atoms with Gasteiger partial charge in [0, 0.05) is 11.9 Å². The molecule has 0 aliphatic rings. The van der Waals surface area contributed by atoms with E-state index in [1.165, 1.54) is 15.1 Å². The Bertz CT molecular complexity index is 1430. The van der Waals surface area contributed by atoms with Crippen molar-refractivity contribution < 1.29 is 13.2 Å². The molecule has 9 nitrogen and oxygen atoms in total. The number of carbonyl (C=O) groups excluding carboxylic acids is 1. The van der Waals surface area contributed by atoms with Gasteiger partial charge in [0.1, 0.15) is 4.21 Å². The smallest absolute Gasteiger partial charge is 0.321 e. The summed E-state index contributed by atoms with van der Waals surface area (Å²) in [4.78, 5) is 25.3. The van der Waals surface area contributed by atoms with E-state index in [0.717, 1.165) is 16.9 Å². The van der Waals surface area contributed by atoms with Gasteiger partial charge in [0.15, 0.2) is 5.65 Å². The van der Waals surface area contributed by atoms with E-state index < -0.39 is 15.9 Å². The topological polar surface area (TPSA) is 129 Å². The molecule has 30 heavy (non-hydrogen) atoms. The fraction of sp³-hybridized carbons (Fsp3) is 0.105. The zero-order valence-electron chi connectivity index (χ0n) is 15.8. The molecule has 0 bridgehead atoms. The van der Waals surface area contributed by atoms with Gasteiger partial charge in [-0.3, -0.25) is 9.20 Å². The number of primary sulfonamides is 1. The summed E-state index contributed by atoms with van der Waals surface area (Å²) in [5, 5.41) is 12.2. The van der Waals surface area contributed by atoms with Gasteiger partial charge in [0.05, 0.1) is 11.4 Å². The molecule has 3 N–H and O–H groups in total. The van der Waals surface area contributed by atoms with Crippen molar-refractivity contribution in [3.05, 3.63) is 81.2 Å². The third kappa shape index (κ3) is 3.90. The zero-order chi connectivity index (χ0) is 21.5. The third-order valence-corrected chi connectivity index (χ3v) is 7.04. The first kappa shape index (κ1) is 20.0. The Kier molecular flexibility index (Phi) is 5.02. The molecular formula is C19H17N5O4S2. The molecule has 154 valence electrons. The van der Waals surface area contributed by atoms with Crippen molar-refractivity contribution in [2.24, 2.45) is 5.14 Å². The van der Waals surface area contributed by atoms with E-state index >= 15 is 0 Å². The molecule has 3 heterocycles. The van der Waals surface area contributed by atoms with E-state index in [9.17, 15) is 18.0 Å². The van der Waals surface area contributed by atoms with Crippen molar-refractivity contribution in [1.82, 2.24) is 14.2 Å². The normalized spacial score (nSPS) is 11.7. The summed E-state index contributed by atoms with van der Waals surface area (Å²) < 4.78 is 25.8. The average molecular weight is 444 g/mol. The second-order valence-corrected chi connectivity index (χ2v) is 9.49. The van der Waals surface area contributed by atoms with E-state index in [4.69, 9.17) is 5.14 Å². The number of nitrogens with two attached hydrogens (primary N) is 1. The second kappa shape index (κ2) is 7.52. The van der Waals surface area contributed by atoms with Crippen molar-refractivity contribution in [2.45, 2.75) is 17.7 Å². The molecule has 0 fully saturated rings. The fourth-order valence-electron chi connectivity index (χ4n) is 3.00. The van der Waals surface area contributed by atoms with Crippen LogP contribution in [0, 0.1) is 6.92 Å². The SMILES string of the molecule is Cc1cc(S(N)(=O)=O)sc1C(=O)Nc1cccc(Cn2nc3ccccn3c2=O)c1. The number of carbonyl (C=O) groups is 1. The maximum absolute atomic E-state index is 12.6. The van der Waals surface area contributed by atoms with Crippen molar-refractivity contribution in [3.8, 4) is 0 Å². The third-order valence-electron chi connectivity index (χ3n) is 4.39. The van der Waals surface area contributed by atoms with E-state index in [-0.39, 0.29) is 21.3 Å². The summed E-state index contributed by atoms with van der Waals surface area (Å²) >= 11 is 0.822. The van der Waals surface area contributed by atoms with Gasteiger partial charge in [-0.05, 0) is 48.4 Å². The molecule has 1 aromatic carbocycles. The van der Waals surface area contributed by atoms with Crippen LogP contribution in [-0.4, -0.2) is 28.5 Å². The Morgan fingerprint density at radius 2 is 2.00 bits per heavy atom. The Hall–Kier alpha value is -3.28. The quantitative estimate of drug-likeness (QED) is 0.486. The zero-order valence-corrected chi connectivity index (χ0v) is 17.4. The van der Waals surface area contributed by atoms with Crippen molar-refractivity contribution >= 4 is 38.6 Å². The summed E-state index contributed by atoms with van der Waals surface area (Å²) in [7, 11) is -3.87. The largest absolute Gasteiger partial charge is 0.350 e. The van der Waals surface area contributed by atoms with Gasteiger partial charge in [-0.2, -0.15) is 0 Å². The first-order chi connectivity index (χ1) is 14.2. The van der Waals surface area contributed by atoms with Crippen LogP contribution in [0.1, 0.15) is 20.8 Å². The fourth-order valence-corrected chi connectivity index (χ4v) is 4.85. The Morgan fingerprint density at radius 3 is 2.70 bits per heavy atom. The summed E-state index contributed by atoms with van der Waals surface area (Å²) in [5.41, 5.74) is 2.09. The molecule has 11 heteroatoms. The minimum absolute atomic E-state index is 0.0647. The van der Waals surface area contributed by atoms with Crippen LogP contribution in [0.3, 0.4) is 0 Å². The van der Waals surface area contributed by atoms with Crippen LogP contribution in [0.4, 0.5) is 5.69 Å². The number of thiophene rings is 1. The van der Waals surface area contributed by atoms with Crippen LogP contribution in [0.15, 0.2) is 63.7 Å². The highest BCUT2D eigenvalue weighted by molar-refractivity contribution is 7.91. The molecule has 4 aromatic rings. The number of nitrogens with zero attached hydrogens (tertiary/aromatic N) is 3. The molecule has 0 atom stereocenters. The van der Waals surface area contributed by atoms with Crippen LogP contribution >= 0.6 is 11.3 Å². The highest BCUT2D eigenvalue weighted by Crippen LogP contribution is 2.26. The summed E-state index contributed by atoms with van der Waals surface area (Å²) in [6.07, 6.45) is 1.65. The number of hydrogen-bond acceptors (Lipinski definition) is 6. The van der Waals surface area contributed by atoms with Crippen LogP contribution < -0.4 is 16.1 Å². The number of nitrogens with one attached hydrogen (secondary N) is 1. The van der Waals surface area contributed by atoms with Crippen LogP contribution in [0.2, 0.25) is 0 Å². The summed E-state index contributed by atoms with van der Waals surface area (Å²) in [6, 6.07) is 13.7. The van der Waals surface area contributed by atoms with Gasteiger partial charge < -0.3 is 5.32 Å². The number of amides is 1. The number of aryl methyl sites for hydroxylation is 1. The Labute approximate surface area is 175 Å². The van der Waals surface area contributed by atoms with Gasteiger partial charge >= 0.3 is 5.69 Å².